The number of halogens is 2. The summed E-state index contributed by atoms with van der Waals surface area (Å²) < 4.78 is 33.9. The van der Waals surface area contributed by atoms with Crippen molar-refractivity contribution in [1.82, 2.24) is 0 Å². The Morgan fingerprint density at radius 2 is 2.36 bits per heavy atom. The Kier molecular flexibility index (Phi) is 2.08. The van der Waals surface area contributed by atoms with Crippen LogP contribution >= 0.6 is 0 Å². The predicted molar refractivity (Wildman–Crippen MR) is 31.3 cm³/mol. The molecular formula is C6H8F2O3. The van der Waals surface area contributed by atoms with Crippen molar-refractivity contribution in [2.24, 2.45) is 5.92 Å². The highest BCUT2D eigenvalue weighted by Gasteiger charge is 2.50. The van der Waals surface area contributed by atoms with Crippen LogP contribution < -0.4 is 0 Å². The third-order valence-electron chi connectivity index (χ3n) is 1.57. The molecule has 64 valence electrons. The third-order valence-corrected chi connectivity index (χ3v) is 1.57. The van der Waals surface area contributed by atoms with Gasteiger partial charge in [-0.3, -0.25) is 4.79 Å². The summed E-state index contributed by atoms with van der Waals surface area (Å²) in [6.07, 6.45) is 0. The van der Waals surface area contributed by atoms with Gasteiger partial charge in [-0.1, -0.05) is 0 Å². The molecule has 0 aromatic rings. The van der Waals surface area contributed by atoms with E-state index in [9.17, 15) is 13.6 Å². The summed E-state index contributed by atoms with van der Waals surface area (Å²) >= 11 is 0. The summed E-state index contributed by atoms with van der Waals surface area (Å²) in [5.74, 6) is -5.40. The van der Waals surface area contributed by atoms with E-state index in [4.69, 9.17) is 0 Å². The average Bonchev–Trinajstić information content (AvgIpc) is 2.28. The summed E-state index contributed by atoms with van der Waals surface area (Å²) in [6.45, 7) is -0.938. The fraction of sp³-hybridized carbons (Fsp3) is 0.833. The first-order valence-corrected chi connectivity index (χ1v) is 3.11. The largest absolute Gasteiger partial charge is 0.469 e. The van der Waals surface area contributed by atoms with Crippen LogP contribution in [0, 0.1) is 5.92 Å². The van der Waals surface area contributed by atoms with Gasteiger partial charge in [-0.25, -0.2) is 8.78 Å². The van der Waals surface area contributed by atoms with Gasteiger partial charge in [-0.05, 0) is 0 Å². The number of esters is 1. The van der Waals surface area contributed by atoms with Crippen LogP contribution in [0.4, 0.5) is 8.78 Å². The van der Waals surface area contributed by atoms with Crippen LogP contribution in [0.1, 0.15) is 0 Å². The van der Waals surface area contributed by atoms with Crippen LogP contribution in [-0.4, -0.2) is 32.2 Å². The maximum absolute atomic E-state index is 12.6. The van der Waals surface area contributed by atoms with Gasteiger partial charge in [0.05, 0.1) is 13.7 Å². The van der Waals surface area contributed by atoms with Gasteiger partial charge in [0.1, 0.15) is 12.5 Å². The second-order valence-electron chi connectivity index (χ2n) is 2.35. The quantitative estimate of drug-likeness (QED) is 0.530. The SMILES string of the molecule is COC(=O)C1COCC1(F)F. The number of ether oxygens (including phenoxy) is 2. The second kappa shape index (κ2) is 2.73. The van der Waals surface area contributed by atoms with Crippen LogP contribution in [0.2, 0.25) is 0 Å². The molecule has 11 heavy (non-hydrogen) atoms. The zero-order chi connectivity index (χ0) is 8.48. The lowest BCUT2D eigenvalue weighted by Crippen LogP contribution is -2.33. The van der Waals surface area contributed by atoms with E-state index in [1.807, 2.05) is 0 Å². The van der Waals surface area contributed by atoms with Gasteiger partial charge >= 0.3 is 5.97 Å². The van der Waals surface area contributed by atoms with Crippen molar-refractivity contribution in [2.45, 2.75) is 5.92 Å². The molecule has 5 heteroatoms. The Balaban J connectivity index is 2.64. The predicted octanol–water partition coefficient (Wildman–Crippen LogP) is 0.441. The molecule has 1 aliphatic heterocycles. The lowest BCUT2D eigenvalue weighted by Gasteiger charge is -2.13. The van der Waals surface area contributed by atoms with Gasteiger partial charge in [0, 0.05) is 0 Å². The van der Waals surface area contributed by atoms with Crippen LogP contribution in [0.25, 0.3) is 0 Å². The highest BCUT2D eigenvalue weighted by molar-refractivity contribution is 5.74. The van der Waals surface area contributed by atoms with Crippen LogP contribution in [0.3, 0.4) is 0 Å². The van der Waals surface area contributed by atoms with E-state index >= 15 is 0 Å². The summed E-state index contributed by atoms with van der Waals surface area (Å²) in [5, 5.41) is 0. The lowest BCUT2D eigenvalue weighted by atomic mass is 10.1. The number of hydrogen-bond donors (Lipinski definition) is 0. The molecule has 1 atom stereocenters. The first kappa shape index (κ1) is 8.39. The zero-order valence-electron chi connectivity index (χ0n) is 5.97. The molecule has 1 heterocycles. The second-order valence-corrected chi connectivity index (χ2v) is 2.35. The van der Waals surface area contributed by atoms with E-state index in [0.717, 1.165) is 7.11 Å². The molecule has 1 saturated heterocycles. The van der Waals surface area contributed by atoms with E-state index in [2.05, 4.69) is 9.47 Å². The van der Waals surface area contributed by atoms with E-state index < -0.39 is 24.4 Å². The first-order valence-electron chi connectivity index (χ1n) is 3.11. The van der Waals surface area contributed by atoms with Crippen LogP contribution in [0.5, 0.6) is 0 Å². The van der Waals surface area contributed by atoms with Gasteiger partial charge in [-0.15, -0.1) is 0 Å². The van der Waals surface area contributed by atoms with Gasteiger partial charge in [0.2, 0.25) is 0 Å². The topological polar surface area (TPSA) is 35.5 Å². The molecule has 1 aliphatic rings. The average molecular weight is 166 g/mol. The number of rotatable bonds is 1. The van der Waals surface area contributed by atoms with Gasteiger partial charge in [0.25, 0.3) is 5.92 Å². The minimum atomic E-state index is -3.06. The van der Waals surface area contributed by atoms with Crippen molar-refractivity contribution in [3.8, 4) is 0 Å². The molecule has 0 saturated carbocycles. The van der Waals surface area contributed by atoms with Crippen molar-refractivity contribution in [1.29, 1.82) is 0 Å². The minimum absolute atomic E-state index is 0.250. The van der Waals surface area contributed by atoms with Crippen molar-refractivity contribution >= 4 is 5.97 Å². The standard InChI is InChI=1S/C6H8F2O3/c1-10-5(9)4-2-11-3-6(4,7)8/h4H,2-3H2,1H3. The lowest BCUT2D eigenvalue weighted by molar-refractivity contribution is -0.155. The Morgan fingerprint density at radius 1 is 1.73 bits per heavy atom. The van der Waals surface area contributed by atoms with Gasteiger partial charge in [0.15, 0.2) is 0 Å². The van der Waals surface area contributed by atoms with Crippen molar-refractivity contribution in [3.63, 3.8) is 0 Å². The summed E-state index contributed by atoms with van der Waals surface area (Å²) in [7, 11) is 1.08. The fourth-order valence-corrected chi connectivity index (χ4v) is 0.918. The third kappa shape index (κ3) is 1.48. The van der Waals surface area contributed by atoms with Crippen molar-refractivity contribution in [2.75, 3.05) is 20.3 Å². The molecule has 0 N–H and O–H groups in total. The molecule has 0 spiro atoms. The highest BCUT2D eigenvalue weighted by Crippen LogP contribution is 2.31. The Bertz CT molecular complexity index is 169. The molecule has 0 aromatic heterocycles. The summed E-state index contributed by atoms with van der Waals surface area (Å²) in [5.41, 5.74) is 0. The Morgan fingerprint density at radius 3 is 2.73 bits per heavy atom. The normalized spacial score (nSPS) is 28.5. The monoisotopic (exact) mass is 166 g/mol. The molecule has 0 aliphatic carbocycles. The Labute approximate surface area is 62.3 Å². The first-order chi connectivity index (χ1) is 5.08. The maximum Gasteiger partial charge on any atom is 0.317 e. The smallest absolute Gasteiger partial charge is 0.317 e. The number of hydrogen-bond acceptors (Lipinski definition) is 3. The van der Waals surface area contributed by atoms with E-state index in [-0.39, 0.29) is 6.61 Å². The van der Waals surface area contributed by atoms with E-state index in [1.165, 1.54) is 0 Å². The molecule has 3 nitrogen and oxygen atoms in total. The number of methoxy groups -OCH3 is 1. The molecular weight excluding hydrogens is 158 g/mol. The van der Waals surface area contributed by atoms with Gasteiger partial charge in [-0.2, -0.15) is 0 Å². The summed E-state index contributed by atoms with van der Waals surface area (Å²) in [6, 6.07) is 0. The van der Waals surface area contributed by atoms with Crippen LogP contribution in [0.15, 0.2) is 0 Å². The number of carbonyl (C=O) groups is 1. The minimum Gasteiger partial charge on any atom is -0.469 e. The van der Waals surface area contributed by atoms with Crippen LogP contribution in [-0.2, 0) is 14.3 Å². The summed E-state index contributed by atoms with van der Waals surface area (Å²) in [4.78, 5) is 10.6. The number of carbonyl (C=O) groups excluding carboxylic acids is 1. The molecule has 0 bridgehead atoms. The Hall–Kier alpha value is -0.710. The van der Waals surface area contributed by atoms with Crippen molar-refractivity contribution in [3.05, 3.63) is 0 Å². The maximum atomic E-state index is 12.6. The van der Waals surface area contributed by atoms with E-state index in [1.54, 1.807) is 0 Å². The molecule has 1 fully saturated rings. The van der Waals surface area contributed by atoms with Gasteiger partial charge < -0.3 is 9.47 Å². The zero-order valence-corrected chi connectivity index (χ0v) is 5.97. The molecule has 0 radical (unpaired) electrons. The highest BCUT2D eigenvalue weighted by atomic mass is 19.3. The molecule has 1 unspecified atom stereocenters. The van der Waals surface area contributed by atoms with E-state index in [0.29, 0.717) is 0 Å². The molecule has 0 aromatic carbocycles. The van der Waals surface area contributed by atoms with Crippen molar-refractivity contribution < 1.29 is 23.0 Å². The number of alkyl halides is 2. The molecule has 1 rings (SSSR count). The molecule has 0 amide bonds. The fourth-order valence-electron chi connectivity index (χ4n) is 0.918.